The zero-order chi connectivity index (χ0) is 14.4. The van der Waals surface area contributed by atoms with Crippen LogP contribution in [-0.4, -0.2) is 0 Å². The predicted octanol–water partition coefficient (Wildman–Crippen LogP) is 6.58. The second kappa shape index (κ2) is 8.12. The third-order valence-corrected chi connectivity index (χ3v) is 4.67. The van der Waals surface area contributed by atoms with Gasteiger partial charge in [-0.3, -0.25) is 0 Å². The molecule has 0 amide bonds. The third-order valence-electron chi connectivity index (χ3n) is 2.33. The topological polar surface area (TPSA) is 0 Å². The quantitative estimate of drug-likeness (QED) is 0.454. The van der Waals surface area contributed by atoms with Gasteiger partial charge in [-0.1, -0.05) is 59.9 Å². The molecular weight excluding hydrogens is 446 g/mol. The van der Waals surface area contributed by atoms with E-state index in [1.807, 2.05) is 25.1 Å². The Labute approximate surface area is 136 Å². The van der Waals surface area contributed by atoms with Crippen molar-refractivity contribution in [3.63, 3.8) is 0 Å². The normalized spacial score (nSPS) is 9.79. The van der Waals surface area contributed by atoms with Gasteiger partial charge in [0.2, 0.25) is 0 Å². The lowest BCUT2D eigenvalue weighted by Gasteiger charge is -2.00. The molecule has 2 aromatic rings. The second-order valence-electron chi connectivity index (χ2n) is 3.73. The van der Waals surface area contributed by atoms with Crippen LogP contribution in [0.5, 0.6) is 0 Å². The first-order valence-corrected chi connectivity index (χ1v) is 7.74. The molecule has 0 atom stereocenters. The van der Waals surface area contributed by atoms with Crippen molar-refractivity contribution in [1.82, 2.24) is 0 Å². The Kier molecular flexibility index (Phi) is 7.18. The number of hydrogen-bond donors (Lipinski definition) is 0. The van der Waals surface area contributed by atoms with Crippen LogP contribution in [0.25, 0.3) is 0 Å². The molecule has 0 saturated heterocycles. The molecule has 0 fully saturated rings. The first-order chi connectivity index (χ1) is 8.95. The van der Waals surface area contributed by atoms with Crippen LogP contribution in [-0.2, 0) is 6.67 Å². The standard InChI is InChI=1S/C7H5Br2F.C7H6BrF/c8-6-2-1-3-7(9)5(6)4-10;1-5-2-3-6(9)4-7(5)8/h1-3H,4H2;2-4H,1H3. The van der Waals surface area contributed by atoms with Crippen LogP contribution in [0.15, 0.2) is 49.8 Å². The largest absolute Gasteiger partial charge is 0.246 e. The van der Waals surface area contributed by atoms with E-state index in [2.05, 4.69) is 47.8 Å². The minimum absolute atomic E-state index is 0.201. The fraction of sp³-hybridized carbons (Fsp3) is 0.143. The number of aryl methyl sites for hydroxylation is 1. The lowest BCUT2D eigenvalue weighted by Crippen LogP contribution is -1.81. The third kappa shape index (κ3) is 5.32. The molecule has 0 N–H and O–H groups in total. The Bertz CT molecular complexity index is 536. The van der Waals surface area contributed by atoms with Gasteiger partial charge in [0, 0.05) is 19.0 Å². The molecule has 0 bridgehead atoms. The number of rotatable bonds is 1. The molecule has 0 nitrogen and oxygen atoms in total. The van der Waals surface area contributed by atoms with Gasteiger partial charge in [-0.05, 0) is 36.8 Å². The van der Waals surface area contributed by atoms with E-state index < -0.39 is 6.67 Å². The zero-order valence-corrected chi connectivity index (χ0v) is 14.8. The van der Waals surface area contributed by atoms with E-state index in [0.717, 1.165) is 19.0 Å². The minimum Gasteiger partial charge on any atom is -0.246 e. The van der Waals surface area contributed by atoms with E-state index in [4.69, 9.17) is 0 Å². The molecule has 0 spiro atoms. The number of alkyl halides is 1. The maximum Gasteiger partial charge on any atom is 0.124 e. The smallest absolute Gasteiger partial charge is 0.124 e. The van der Waals surface area contributed by atoms with E-state index in [1.165, 1.54) is 12.1 Å². The molecule has 0 unspecified atom stereocenters. The van der Waals surface area contributed by atoms with Crippen LogP contribution in [0, 0.1) is 12.7 Å². The maximum absolute atomic E-state index is 12.3. The van der Waals surface area contributed by atoms with Crippen LogP contribution in [0.2, 0.25) is 0 Å². The van der Waals surface area contributed by atoms with E-state index in [-0.39, 0.29) is 5.82 Å². The Balaban J connectivity index is 0.000000191. The number of halogens is 5. The Morgan fingerprint density at radius 2 is 1.53 bits per heavy atom. The molecule has 0 aliphatic heterocycles. The summed E-state index contributed by atoms with van der Waals surface area (Å²) < 4.78 is 26.9. The maximum atomic E-state index is 12.3. The molecule has 0 aromatic heterocycles. The number of benzene rings is 2. The van der Waals surface area contributed by atoms with Gasteiger partial charge in [0.05, 0.1) is 0 Å². The first kappa shape index (κ1) is 16.8. The summed E-state index contributed by atoms with van der Waals surface area (Å²) >= 11 is 9.68. The average Bonchev–Trinajstić information content (AvgIpc) is 2.35. The first-order valence-electron chi connectivity index (χ1n) is 5.36. The summed E-state index contributed by atoms with van der Waals surface area (Å²) in [6.45, 7) is 1.48. The van der Waals surface area contributed by atoms with Crippen LogP contribution < -0.4 is 0 Å². The van der Waals surface area contributed by atoms with Crippen molar-refractivity contribution < 1.29 is 8.78 Å². The highest BCUT2D eigenvalue weighted by atomic mass is 79.9. The van der Waals surface area contributed by atoms with E-state index in [0.29, 0.717) is 5.56 Å². The fourth-order valence-corrected chi connectivity index (χ4v) is 2.79. The summed E-state index contributed by atoms with van der Waals surface area (Å²) in [6, 6.07) is 10.1. The molecule has 19 heavy (non-hydrogen) atoms. The molecular formula is C14H11Br3F2. The lowest BCUT2D eigenvalue weighted by atomic mass is 10.2. The van der Waals surface area contributed by atoms with Crippen LogP contribution >= 0.6 is 47.8 Å². The van der Waals surface area contributed by atoms with Crippen molar-refractivity contribution in [2.45, 2.75) is 13.6 Å². The summed E-state index contributed by atoms with van der Waals surface area (Å²) in [5.41, 5.74) is 1.72. The van der Waals surface area contributed by atoms with Crippen LogP contribution in [0.3, 0.4) is 0 Å². The molecule has 0 aliphatic carbocycles. The molecule has 102 valence electrons. The molecule has 2 aromatic carbocycles. The van der Waals surface area contributed by atoms with Crippen LogP contribution in [0.1, 0.15) is 11.1 Å². The second-order valence-corrected chi connectivity index (χ2v) is 6.29. The summed E-state index contributed by atoms with van der Waals surface area (Å²) in [5, 5.41) is 0. The minimum atomic E-state index is -0.442. The molecule has 2 rings (SSSR count). The van der Waals surface area contributed by atoms with Crippen molar-refractivity contribution in [2.24, 2.45) is 0 Å². The monoisotopic (exact) mass is 454 g/mol. The summed E-state index contributed by atoms with van der Waals surface area (Å²) in [6.07, 6.45) is 0. The van der Waals surface area contributed by atoms with Gasteiger partial charge < -0.3 is 0 Å². The molecule has 0 heterocycles. The van der Waals surface area contributed by atoms with Gasteiger partial charge >= 0.3 is 0 Å². The Hall–Kier alpha value is -0.260. The van der Waals surface area contributed by atoms with Crippen molar-refractivity contribution >= 4 is 47.8 Å². The van der Waals surface area contributed by atoms with Gasteiger partial charge in [-0.25, -0.2) is 8.78 Å². The summed E-state index contributed by atoms with van der Waals surface area (Å²) in [4.78, 5) is 0. The van der Waals surface area contributed by atoms with Crippen molar-refractivity contribution in [2.75, 3.05) is 0 Å². The van der Waals surface area contributed by atoms with Crippen molar-refractivity contribution in [1.29, 1.82) is 0 Å². The molecule has 0 aliphatic rings. The SMILES string of the molecule is Cc1ccc(F)cc1Br.FCc1c(Br)cccc1Br. The predicted molar refractivity (Wildman–Crippen MR) is 85.5 cm³/mol. The molecule has 5 heteroatoms. The lowest BCUT2D eigenvalue weighted by molar-refractivity contribution is 0.482. The van der Waals surface area contributed by atoms with Crippen molar-refractivity contribution in [3.8, 4) is 0 Å². The van der Waals surface area contributed by atoms with Gasteiger partial charge in [-0.2, -0.15) is 0 Å². The average molecular weight is 457 g/mol. The van der Waals surface area contributed by atoms with Crippen molar-refractivity contribution in [3.05, 3.63) is 66.8 Å². The van der Waals surface area contributed by atoms with Gasteiger partial charge in [-0.15, -0.1) is 0 Å². The van der Waals surface area contributed by atoms with Crippen LogP contribution in [0.4, 0.5) is 8.78 Å². The Morgan fingerprint density at radius 3 is 1.89 bits per heavy atom. The highest BCUT2D eigenvalue weighted by Gasteiger charge is 2.01. The highest BCUT2D eigenvalue weighted by Crippen LogP contribution is 2.25. The summed E-state index contributed by atoms with van der Waals surface area (Å²) in [5.74, 6) is -0.201. The zero-order valence-electron chi connectivity index (χ0n) is 10.1. The summed E-state index contributed by atoms with van der Waals surface area (Å²) in [7, 11) is 0. The van der Waals surface area contributed by atoms with E-state index in [9.17, 15) is 8.78 Å². The number of hydrogen-bond acceptors (Lipinski definition) is 0. The van der Waals surface area contributed by atoms with E-state index in [1.54, 1.807) is 6.07 Å². The van der Waals surface area contributed by atoms with Gasteiger partial charge in [0.1, 0.15) is 12.5 Å². The van der Waals surface area contributed by atoms with E-state index >= 15 is 0 Å². The molecule has 0 saturated carbocycles. The molecule has 0 radical (unpaired) electrons. The fourth-order valence-electron chi connectivity index (χ4n) is 1.23. The Morgan fingerprint density at radius 1 is 0.947 bits per heavy atom. The van der Waals surface area contributed by atoms with Gasteiger partial charge in [0.25, 0.3) is 0 Å². The van der Waals surface area contributed by atoms with Gasteiger partial charge in [0.15, 0.2) is 0 Å². The highest BCUT2D eigenvalue weighted by molar-refractivity contribution is 9.11.